The Kier molecular flexibility index (Phi) is 5.05. The van der Waals surface area contributed by atoms with E-state index >= 15 is 0 Å². The van der Waals surface area contributed by atoms with Gasteiger partial charge in [0, 0.05) is 18.8 Å². The lowest BCUT2D eigenvalue weighted by Crippen LogP contribution is -2.56. The molecule has 1 saturated carbocycles. The second-order valence-corrected chi connectivity index (χ2v) is 6.31. The van der Waals surface area contributed by atoms with Gasteiger partial charge < -0.3 is 14.7 Å². The number of aliphatic hydroxyl groups is 1. The van der Waals surface area contributed by atoms with Crippen molar-refractivity contribution in [1.29, 1.82) is 0 Å². The number of hydrogen-bond acceptors (Lipinski definition) is 3. The maximum atomic E-state index is 10.9. The minimum atomic E-state index is -0.186. The minimum absolute atomic E-state index is 0.0124. The van der Waals surface area contributed by atoms with Gasteiger partial charge in [-0.2, -0.15) is 0 Å². The van der Waals surface area contributed by atoms with E-state index in [-0.39, 0.29) is 11.6 Å². The molecule has 2 fully saturated rings. The van der Waals surface area contributed by atoms with Crippen molar-refractivity contribution in [3.8, 4) is 0 Å². The van der Waals surface area contributed by atoms with Crippen LogP contribution in [0.4, 0.5) is 0 Å². The van der Waals surface area contributed by atoms with Crippen LogP contribution in [0, 0.1) is 5.92 Å². The van der Waals surface area contributed by atoms with Gasteiger partial charge in [0.15, 0.2) is 0 Å². The average molecular weight is 255 g/mol. The molecule has 18 heavy (non-hydrogen) atoms. The van der Waals surface area contributed by atoms with Crippen LogP contribution in [-0.2, 0) is 4.74 Å². The summed E-state index contributed by atoms with van der Waals surface area (Å²) < 4.78 is 5.43. The Labute approximate surface area is 112 Å². The van der Waals surface area contributed by atoms with Gasteiger partial charge in [0.2, 0.25) is 0 Å². The average Bonchev–Trinajstić information content (AvgIpc) is 2.65. The van der Waals surface area contributed by atoms with Crippen LogP contribution in [0.25, 0.3) is 0 Å². The molecule has 1 saturated heterocycles. The Bertz CT molecular complexity index is 241. The Balaban J connectivity index is 2.11. The second kappa shape index (κ2) is 6.36. The molecule has 0 radical (unpaired) electrons. The highest BCUT2D eigenvalue weighted by molar-refractivity contribution is 4.98. The van der Waals surface area contributed by atoms with E-state index in [1.165, 1.54) is 25.7 Å². The van der Waals surface area contributed by atoms with Crippen molar-refractivity contribution < 1.29 is 9.84 Å². The van der Waals surface area contributed by atoms with Gasteiger partial charge in [-0.1, -0.05) is 25.7 Å². The van der Waals surface area contributed by atoms with E-state index < -0.39 is 0 Å². The summed E-state index contributed by atoms with van der Waals surface area (Å²) in [5.41, 5.74) is 0.0124. The Hall–Kier alpha value is -0.120. The molecule has 1 atom stereocenters. The van der Waals surface area contributed by atoms with Gasteiger partial charge in [0.1, 0.15) is 0 Å². The summed E-state index contributed by atoms with van der Waals surface area (Å²) >= 11 is 0. The maximum absolute atomic E-state index is 10.9. The van der Waals surface area contributed by atoms with Crippen molar-refractivity contribution in [3.05, 3.63) is 0 Å². The van der Waals surface area contributed by atoms with Crippen molar-refractivity contribution in [1.82, 2.24) is 4.90 Å². The third-order valence-corrected chi connectivity index (χ3v) is 5.12. The number of ether oxygens (including phenoxy) is 1. The monoisotopic (exact) mass is 255 g/mol. The van der Waals surface area contributed by atoms with Crippen LogP contribution in [-0.4, -0.2) is 49.0 Å². The molecular formula is C15H29NO2. The van der Waals surface area contributed by atoms with Gasteiger partial charge in [0.25, 0.3) is 0 Å². The van der Waals surface area contributed by atoms with E-state index in [9.17, 15) is 5.11 Å². The number of nitrogens with zero attached hydrogens (tertiary/aromatic N) is 1. The highest BCUT2D eigenvalue weighted by Gasteiger charge is 2.43. The van der Waals surface area contributed by atoms with Gasteiger partial charge in [0.05, 0.1) is 6.10 Å². The lowest BCUT2D eigenvalue weighted by atomic mass is 9.75. The normalized spacial score (nSPS) is 28.0. The van der Waals surface area contributed by atoms with Gasteiger partial charge in [-0.3, -0.25) is 0 Å². The molecule has 3 heteroatoms. The fourth-order valence-corrected chi connectivity index (χ4v) is 3.82. The van der Waals surface area contributed by atoms with Gasteiger partial charge in [-0.25, -0.2) is 0 Å². The first-order valence-corrected chi connectivity index (χ1v) is 7.60. The largest absolute Gasteiger partial charge is 0.391 e. The molecule has 106 valence electrons. The summed E-state index contributed by atoms with van der Waals surface area (Å²) in [4.78, 5) is 2.30. The van der Waals surface area contributed by atoms with E-state index in [1.54, 1.807) is 0 Å². The van der Waals surface area contributed by atoms with Crippen LogP contribution in [0.5, 0.6) is 0 Å². The number of likely N-dealkylation sites (N-methyl/N-ethyl adjacent to an activating group) is 1. The molecule has 0 amide bonds. The van der Waals surface area contributed by atoms with Crippen molar-refractivity contribution in [2.24, 2.45) is 5.92 Å². The van der Waals surface area contributed by atoms with E-state index in [0.29, 0.717) is 5.92 Å². The summed E-state index contributed by atoms with van der Waals surface area (Å²) in [5.74, 6) is 0.430. The molecule has 0 aromatic heterocycles. The Morgan fingerprint density at radius 1 is 1.06 bits per heavy atom. The number of aliphatic hydroxyl groups excluding tert-OH is 1. The molecule has 1 N–H and O–H groups in total. The van der Waals surface area contributed by atoms with E-state index in [1.807, 2.05) is 0 Å². The zero-order chi connectivity index (χ0) is 13.0. The smallest absolute Gasteiger partial charge is 0.0753 e. The topological polar surface area (TPSA) is 32.7 Å². The fourth-order valence-electron chi connectivity index (χ4n) is 3.82. The first-order chi connectivity index (χ1) is 8.67. The summed E-state index contributed by atoms with van der Waals surface area (Å²) in [6, 6.07) is 0. The van der Waals surface area contributed by atoms with Crippen molar-refractivity contribution >= 4 is 0 Å². The first kappa shape index (κ1) is 14.3. The van der Waals surface area contributed by atoms with Crippen molar-refractivity contribution in [2.75, 3.05) is 27.3 Å². The first-order valence-electron chi connectivity index (χ1n) is 7.60. The maximum Gasteiger partial charge on any atom is 0.0753 e. The van der Waals surface area contributed by atoms with Gasteiger partial charge in [-0.05, 0) is 45.7 Å². The van der Waals surface area contributed by atoms with Crippen molar-refractivity contribution in [3.63, 3.8) is 0 Å². The van der Waals surface area contributed by atoms with Crippen LogP contribution >= 0.6 is 0 Å². The number of hydrogen-bond donors (Lipinski definition) is 1. The van der Waals surface area contributed by atoms with Crippen LogP contribution in [0.1, 0.15) is 51.4 Å². The van der Waals surface area contributed by atoms with E-state index in [0.717, 1.165) is 38.9 Å². The zero-order valence-electron chi connectivity index (χ0n) is 12.0. The van der Waals surface area contributed by atoms with E-state index in [4.69, 9.17) is 4.74 Å². The van der Waals surface area contributed by atoms with E-state index in [2.05, 4.69) is 19.0 Å². The summed E-state index contributed by atoms with van der Waals surface area (Å²) in [6.45, 7) is 1.65. The third kappa shape index (κ3) is 2.89. The highest BCUT2D eigenvalue weighted by atomic mass is 16.5. The predicted octanol–water partition coefficient (Wildman–Crippen LogP) is 2.43. The molecule has 2 aliphatic rings. The predicted molar refractivity (Wildman–Crippen MR) is 73.7 cm³/mol. The molecule has 2 rings (SSSR count). The van der Waals surface area contributed by atoms with Gasteiger partial charge >= 0.3 is 0 Å². The second-order valence-electron chi connectivity index (χ2n) is 6.31. The SMILES string of the molecule is CN(C)C1(C(O)C2CCOCC2)CCCCCC1. The van der Waals surface area contributed by atoms with Crippen LogP contribution in [0.3, 0.4) is 0 Å². The van der Waals surface area contributed by atoms with Crippen LogP contribution in [0.2, 0.25) is 0 Å². The summed E-state index contributed by atoms with van der Waals surface area (Å²) in [6.07, 6.45) is 9.35. The Morgan fingerprint density at radius 2 is 1.61 bits per heavy atom. The fraction of sp³-hybridized carbons (Fsp3) is 1.00. The molecule has 0 aromatic rings. The molecule has 1 aliphatic carbocycles. The molecule has 1 unspecified atom stereocenters. The lowest BCUT2D eigenvalue weighted by molar-refractivity contribution is -0.0781. The van der Waals surface area contributed by atoms with Crippen LogP contribution < -0.4 is 0 Å². The zero-order valence-corrected chi connectivity index (χ0v) is 12.0. The summed E-state index contributed by atoms with van der Waals surface area (Å²) in [5, 5.41) is 10.9. The molecule has 0 spiro atoms. The standard InChI is InChI=1S/C15H29NO2/c1-16(2)15(9-5-3-4-6-10-15)14(17)13-7-11-18-12-8-13/h13-14,17H,3-12H2,1-2H3. The molecule has 1 aliphatic heterocycles. The minimum Gasteiger partial charge on any atom is -0.391 e. The molecule has 0 aromatic carbocycles. The Morgan fingerprint density at radius 3 is 2.11 bits per heavy atom. The third-order valence-electron chi connectivity index (χ3n) is 5.12. The van der Waals surface area contributed by atoms with Crippen molar-refractivity contribution in [2.45, 2.75) is 63.0 Å². The quantitative estimate of drug-likeness (QED) is 0.786. The van der Waals surface area contributed by atoms with Crippen LogP contribution in [0.15, 0.2) is 0 Å². The van der Waals surface area contributed by atoms with Gasteiger partial charge in [-0.15, -0.1) is 0 Å². The molecule has 3 nitrogen and oxygen atoms in total. The number of rotatable bonds is 3. The molecule has 1 heterocycles. The lowest BCUT2D eigenvalue weighted by Gasteiger charge is -2.47. The molecular weight excluding hydrogens is 226 g/mol. The molecule has 0 bridgehead atoms. The highest BCUT2D eigenvalue weighted by Crippen LogP contribution is 2.38. The summed E-state index contributed by atoms with van der Waals surface area (Å²) in [7, 11) is 4.29.